The summed E-state index contributed by atoms with van der Waals surface area (Å²) in [5.41, 5.74) is 5.26. The van der Waals surface area contributed by atoms with E-state index in [2.05, 4.69) is 0 Å². The summed E-state index contributed by atoms with van der Waals surface area (Å²) in [5, 5.41) is 0. The molecule has 6 heteroatoms. The standard InChI is InChI=1S/C10H19F3N2O/c1-16-7-6-15(8-2-3-8)9(4-5-14)10(11,12)13/h8-9H,2-7,14H2,1H3. The number of halogens is 3. The van der Waals surface area contributed by atoms with E-state index in [0.717, 1.165) is 12.8 Å². The Morgan fingerprint density at radius 2 is 2.06 bits per heavy atom. The second-order valence-corrected chi connectivity index (χ2v) is 4.10. The van der Waals surface area contributed by atoms with E-state index in [4.69, 9.17) is 10.5 Å². The highest BCUT2D eigenvalue weighted by Crippen LogP contribution is 2.35. The maximum Gasteiger partial charge on any atom is 0.404 e. The lowest BCUT2D eigenvalue weighted by Gasteiger charge is -2.32. The zero-order valence-electron chi connectivity index (χ0n) is 9.46. The highest BCUT2D eigenvalue weighted by Gasteiger charge is 2.47. The fraction of sp³-hybridized carbons (Fsp3) is 1.00. The van der Waals surface area contributed by atoms with E-state index in [0.29, 0.717) is 13.2 Å². The minimum Gasteiger partial charge on any atom is -0.383 e. The number of rotatable bonds is 7. The summed E-state index contributed by atoms with van der Waals surface area (Å²) < 4.78 is 43.4. The highest BCUT2D eigenvalue weighted by atomic mass is 19.4. The first-order chi connectivity index (χ1) is 7.50. The summed E-state index contributed by atoms with van der Waals surface area (Å²) >= 11 is 0. The Kier molecular flexibility index (Phi) is 5.01. The molecule has 1 atom stereocenters. The maximum atomic E-state index is 12.8. The lowest BCUT2D eigenvalue weighted by atomic mass is 10.1. The Balaban J connectivity index is 2.62. The quantitative estimate of drug-likeness (QED) is 0.730. The lowest BCUT2D eigenvalue weighted by molar-refractivity contribution is -0.188. The topological polar surface area (TPSA) is 38.5 Å². The molecule has 0 saturated heterocycles. The summed E-state index contributed by atoms with van der Waals surface area (Å²) in [7, 11) is 1.50. The number of ether oxygens (including phenoxy) is 1. The van der Waals surface area contributed by atoms with Crippen LogP contribution in [0.5, 0.6) is 0 Å². The van der Waals surface area contributed by atoms with Crippen molar-refractivity contribution in [3.8, 4) is 0 Å². The Bertz CT molecular complexity index is 207. The van der Waals surface area contributed by atoms with Crippen LogP contribution in [0.15, 0.2) is 0 Å². The van der Waals surface area contributed by atoms with E-state index in [9.17, 15) is 13.2 Å². The van der Waals surface area contributed by atoms with Gasteiger partial charge in [0.15, 0.2) is 0 Å². The number of hydrogen-bond acceptors (Lipinski definition) is 3. The molecule has 1 saturated carbocycles. The van der Waals surface area contributed by atoms with Gasteiger partial charge in [-0.25, -0.2) is 0 Å². The molecule has 0 aliphatic heterocycles. The molecule has 3 nitrogen and oxygen atoms in total. The third-order valence-corrected chi connectivity index (χ3v) is 2.79. The van der Waals surface area contributed by atoms with E-state index in [1.54, 1.807) is 0 Å². The third-order valence-electron chi connectivity index (χ3n) is 2.79. The molecule has 0 aromatic heterocycles. The van der Waals surface area contributed by atoms with Crippen LogP contribution in [0, 0.1) is 0 Å². The molecule has 1 aliphatic rings. The van der Waals surface area contributed by atoms with Crippen LogP contribution in [-0.2, 0) is 4.74 Å². The molecule has 1 fully saturated rings. The van der Waals surface area contributed by atoms with Gasteiger partial charge in [-0.15, -0.1) is 0 Å². The molecule has 1 rings (SSSR count). The molecule has 96 valence electrons. The number of methoxy groups -OCH3 is 1. The Hall–Kier alpha value is -0.330. The van der Waals surface area contributed by atoms with Gasteiger partial charge in [0.05, 0.1) is 6.61 Å². The van der Waals surface area contributed by atoms with Crippen molar-refractivity contribution in [2.45, 2.75) is 37.5 Å². The maximum absolute atomic E-state index is 12.8. The van der Waals surface area contributed by atoms with Gasteiger partial charge in [-0.2, -0.15) is 13.2 Å². The molecule has 0 bridgehead atoms. The van der Waals surface area contributed by atoms with E-state index in [1.807, 2.05) is 0 Å². The van der Waals surface area contributed by atoms with Crippen LogP contribution >= 0.6 is 0 Å². The van der Waals surface area contributed by atoms with Gasteiger partial charge >= 0.3 is 6.18 Å². The molecule has 2 N–H and O–H groups in total. The molecule has 16 heavy (non-hydrogen) atoms. The molecule has 0 heterocycles. The molecule has 0 aromatic rings. The van der Waals surface area contributed by atoms with Crippen LogP contribution in [0.2, 0.25) is 0 Å². The van der Waals surface area contributed by atoms with Crippen molar-refractivity contribution in [1.82, 2.24) is 4.90 Å². The Labute approximate surface area is 93.7 Å². The average molecular weight is 240 g/mol. The zero-order chi connectivity index (χ0) is 12.2. The first kappa shape index (κ1) is 13.7. The SMILES string of the molecule is COCCN(C1CC1)C(CCN)C(F)(F)F. The first-order valence-electron chi connectivity index (χ1n) is 5.52. The molecule has 0 spiro atoms. The predicted molar refractivity (Wildman–Crippen MR) is 55.1 cm³/mol. The molecule has 1 unspecified atom stereocenters. The summed E-state index contributed by atoms with van der Waals surface area (Å²) in [6.07, 6.45) is -2.54. The summed E-state index contributed by atoms with van der Waals surface area (Å²) in [6.45, 7) is 0.708. The van der Waals surface area contributed by atoms with Gasteiger partial charge in [0.2, 0.25) is 0 Å². The van der Waals surface area contributed by atoms with Crippen molar-refractivity contribution in [2.24, 2.45) is 5.73 Å². The van der Waals surface area contributed by atoms with E-state index >= 15 is 0 Å². The number of nitrogens with zero attached hydrogens (tertiary/aromatic N) is 1. The molecule has 0 radical (unpaired) electrons. The normalized spacial score (nSPS) is 19.1. The number of hydrogen-bond donors (Lipinski definition) is 1. The van der Waals surface area contributed by atoms with Gasteiger partial charge in [0.1, 0.15) is 6.04 Å². The second-order valence-electron chi connectivity index (χ2n) is 4.10. The second kappa shape index (κ2) is 5.84. The Morgan fingerprint density at radius 3 is 2.44 bits per heavy atom. The fourth-order valence-electron chi connectivity index (χ4n) is 1.87. The zero-order valence-corrected chi connectivity index (χ0v) is 9.46. The van der Waals surface area contributed by atoms with Gasteiger partial charge in [0.25, 0.3) is 0 Å². The average Bonchev–Trinajstić information content (AvgIpc) is 2.99. The van der Waals surface area contributed by atoms with Gasteiger partial charge in [-0.1, -0.05) is 0 Å². The predicted octanol–water partition coefficient (Wildman–Crippen LogP) is 1.38. The van der Waals surface area contributed by atoms with Gasteiger partial charge in [-0.3, -0.25) is 4.90 Å². The minimum atomic E-state index is -4.20. The van der Waals surface area contributed by atoms with Crippen LogP contribution in [0.3, 0.4) is 0 Å². The van der Waals surface area contributed by atoms with Crippen LogP contribution in [0.1, 0.15) is 19.3 Å². The van der Waals surface area contributed by atoms with E-state index in [1.165, 1.54) is 12.0 Å². The van der Waals surface area contributed by atoms with Crippen molar-refractivity contribution >= 4 is 0 Å². The summed E-state index contributed by atoms with van der Waals surface area (Å²) in [5.74, 6) is 0. The van der Waals surface area contributed by atoms with Crippen molar-refractivity contribution in [3.05, 3.63) is 0 Å². The first-order valence-corrected chi connectivity index (χ1v) is 5.52. The van der Waals surface area contributed by atoms with Crippen LogP contribution in [0.25, 0.3) is 0 Å². The number of nitrogens with two attached hydrogens (primary N) is 1. The largest absolute Gasteiger partial charge is 0.404 e. The van der Waals surface area contributed by atoms with Crippen LogP contribution < -0.4 is 5.73 Å². The van der Waals surface area contributed by atoms with Gasteiger partial charge in [-0.05, 0) is 25.8 Å². The highest BCUT2D eigenvalue weighted by molar-refractivity contribution is 4.91. The third kappa shape index (κ3) is 3.92. The lowest BCUT2D eigenvalue weighted by Crippen LogP contribution is -2.49. The van der Waals surface area contributed by atoms with Crippen molar-refractivity contribution < 1.29 is 17.9 Å². The van der Waals surface area contributed by atoms with Crippen molar-refractivity contribution in [2.75, 3.05) is 26.8 Å². The van der Waals surface area contributed by atoms with Crippen LogP contribution in [0.4, 0.5) is 13.2 Å². The summed E-state index contributed by atoms with van der Waals surface area (Å²) in [4.78, 5) is 1.50. The minimum absolute atomic E-state index is 0.0380. The monoisotopic (exact) mass is 240 g/mol. The van der Waals surface area contributed by atoms with Crippen molar-refractivity contribution in [3.63, 3.8) is 0 Å². The fourth-order valence-corrected chi connectivity index (χ4v) is 1.87. The molecule has 1 aliphatic carbocycles. The Morgan fingerprint density at radius 1 is 1.44 bits per heavy atom. The van der Waals surface area contributed by atoms with Gasteiger partial charge < -0.3 is 10.5 Å². The van der Waals surface area contributed by atoms with Crippen molar-refractivity contribution in [1.29, 1.82) is 0 Å². The summed E-state index contributed by atoms with van der Waals surface area (Å²) in [6, 6.07) is -1.35. The van der Waals surface area contributed by atoms with Crippen LogP contribution in [-0.4, -0.2) is 50.0 Å². The van der Waals surface area contributed by atoms with E-state index < -0.39 is 12.2 Å². The smallest absolute Gasteiger partial charge is 0.383 e. The molecule has 0 amide bonds. The molecular weight excluding hydrogens is 221 g/mol. The molecular formula is C10H19F3N2O. The van der Waals surface area contributed by atoms with E-state index in [-0.39, 0.29) is 19.0 Å². The molecule has 0 aromatic carbocycles. The number of alkyl halides is 3. The van der Waals surface area contributed by atoms with Gasteiger partial charge in [0, 0.05) is 19.7 Å².